The number of likely N-dealkylation sites (tertiary alicyclic amines) is 1. The zero-order valence-electron chi connectivity index (χ0n) is 15.6. The number of ether oxygens (including phenoxy) is 1. The third-order valence-electron chi connectivity index (χ3n) is 5.07. The van der Waals surface area contributed by atoms with Crippen molar-refractivity contribution in [1.82, 2.24) is 4.90 Å². The minimum Gasteiger partial charge on any atom is -0.494 e. The van der Waals surface area contributed by atoms with Gasteiger partial charge in [-0.2, -0.15) is 5.26 Å². The minimum absolute atomic E-state index is 0.0386. The highest BCUT2D eigenvalue weighted by Crippen LogP contribution is 2.34. The van der Waals surface area contributed by atoms with Crippen LogP contribution in [-0.2, 0) is 10.2 Å². The standard InChI is InChI=1S/C22H25N3O2/c1-2-27-20-10-8-19(9-11-20)24-21(26)16-25-14-12-22(17-23,13-15-25)18-6-4-3-5-7-18/h3-11H,2,12-16H2,1H3,(H,24,26). The number of hydrogen-bond acceptors (Lipinski definition) is 4. The van der Waals surface area contributed by atoms with Crippen LogP contribution in [0.1, 0.15) is 25.3 Å². The molecule has 0 aliphatic carbocycles. The number of hydrogen-bond donors (Lipinski definition) is 1. The monoisotopic (exact) mass is 363 g/mol. The lowest BCUT2D eigenvalue weighted by atomic mass is 9.74. The molecule has 0 saturated carbocycles. The summed E-state index contributed by atoms with van der Waals surface area (Å²) < 4.78 is 5.41. The van der Waals surface area contributed by atoms with Gasteiger partial charge in [-0.25, -0.2) is 0 Å². The van der Waals surface area contributed by atoms with Crippen molar-refractivity contribution in [2.75, 3.05) is 31.6 Å². The highest BCUT2D eigenvalue weighted by molar-refractivity contribution is 5.92. The molecule has 27 heavy (non-hydrogen) atoms. The summed E-state index contributed by atoms with van der Waals surface area (Å²) in [4.78, 5) is 14.5. The number of amides is 1. The maximum Gasteiger partial charge on any atom is 0.238 e. The summed E-state index contributed by atoms with van der Waals surface area (Å²) >= 11 is 0. The molecule has 5 nitrogen and oxygen atoms in total. The number of nitrogens with zero attached hydrogens (tertiary/aromatic N) is 2. The van der Waals surface area contributed by atoms with Gasteiger partial charge in [0.15, 0.2) is 0 Å². The number of piperidine rings is 1. The molecule has 140 valence electrons. The molecular formula is C22H25N3O2. The van der Waals surface area contributed by atoms with Crippen molar-refractivity contribution in [3.63, 3.8) is 0 Å². The Morgan fingerprint density at radius 3 is 2.41 bits per heavy atom. The van der Waals surface area contributed by atoms with Crippen molar-refractivity contribution < 1.29 is 9.53 Å². The van der Waals surface area contributed by atoms with E-state index in [1.807, 2.05) is 61.5 Å². The van der Waals surface area contributed by atoms with Gasteiger partial charge in [0.2, 0.25) is 5.91 Å². The first-order valence-electron chi connectivity index (χ1n) is 9.37. The van der Waals surface area contributed by atoms with Gasteiger partial charge in [0.05, 0.1) is 24.6 Å². The van der Waals surface area contributed by atoms with Crippen molar-refractivity contribution in [1.29, 1.82) is 5.26 Å². The molecule has 0 radical (unpaired) electrons. The first-order chi connectivity index (χ1) is 13.1. The Morgan fingerprint density at radius 1 is 1.15 bits per heavy atom. The summed E-state index contributed by atoms with van der Waals surface area (Å²) in [7, 11) is 0. The molecular weight excluding hydrogens is 338 g/mol. The fraction of sp³-hybridized carbons (Fsp3) is 0.364. The normalized spacial score (nSPS) is 16.3. The second kappa shape index (κ2) is 8.70. The number of carbonyl (C=O) groups excluding carboxylic acids is 1. The Labute approximate surface area is 160 Å². The molecule has 1 aliphatic heterocycles. The fourth-order valence-electron chi connectivity index (χ4n) is 3.52. The van der Waals surface area contributed by atoms with Gasteiger partial charge in [0.1, 0.15) is 5.75 Å². The minimum atomic E-state index is -0.441. The largest absolute Gasteiger partial charge is 0.494 e. The van der Waals surface area contributed by atoms with E-state index in [0.29, 0.717) is 13.2 Å². The highest BCUT2D eigenvalue weighted by Gasteiger charge is 2.36. The highest BCUT2D eigenvalue weighted by atomic mass is 16.5. The van der Waals surface area contributed by atoms with Crippen LogP contribution in [0.4, 0.5) is 5.69 Å². The molecule has 0 unspecified atom stereocenters. The van der Waals surface area contributed by atoms with E-state index in [2.05, 4.69) is 16.3 Å². The van der Waals surface area contributed by atoms with Crippen LogP contribution < -0.4 is 10.1 Å². The molecule has 2 aromatic rings. The van der Waals surface area contributed by atoms with Gasteiger partial charge >= 0.3 is 0 Å². The average molecular weight is 363 g/mol. The van der Waals surface area contributed by atoms with E-state index >= 15 is 0 Å². The fourth-order valence-corrected chi connectivity index (χ4v) is 3.52. The molecule has 5 heteroatoms. The molecule has 0 spiro atoms. The SMILES string of the molecule is CCOc1ccc(NC(=O)CN2CCC(C#N)(c3ccccc3)CC2)cc1. The summed E-state index contributed by atoms with van der Waals surface area (Å²) in [5.41, 5.74) is 1.39. The van der Waals surface area contributed by atoms with Gasteiger partial charge < -0.3 is 10.1 Å². The number of rotatable bonds is 6. The molecule has 1 amide bonds. The number of anilines is 1. The second-order valence-corrected chi connectivity index (χ2v) is 6.84. The Balaban J connectivity index is 1.53. The number of nitriles is 1. The topological polar surface area (TPSA) is 65.4 Å². The van der Waals surface area contributed by atoms with Gasteiger partial charge in [-0.05, 0) is 49.6 Å². The predicted octanol–water partition coefficient (Wildman–Crippen LogP) is 3.58. The molecule has 1 heterocycles. The van der Waals surface area contributed by atoms with Gasteiger partial charge in [-0.15, -0.1) is 0 Å². The first-order valence-corrected chi connectivity index (χ1v) is 9.37. The zero-order valence-corrected chi connectivity index (χ0v) is 15.6. The van der Waals surface area contributed by atoms with Gasteiger partial charge in [0, 0.05) is 18.8 Å². The van der Waals surface area contributed by atoms with Crippen molar-refractivity contribution in [3.05, 3.63) is 60.2 Å². The summed E-state index contributed by atoms with van der Waals surface area (Å²) in [6.45, 7) is 4.36. The molecule has 1 fully saturated rings. The lowest BCUT2D eigenvalue weighted by molar-refractivity contribution is -0.117. The molecule has 1 aliphatic rings. The van der Waals surface area contributed by atoms with E-state index in [9.17, 15) is 10.1 Å². The van der Waals surface area contributed by atoms with Crippen LogP contribution >= 0.6 is 0 Å². The van der Waals surface area contributed by atoms with Crippen molar-refractivity contribution in [3.8, 4) is 11.8 Å². The van der Waals surface area contributed by atoms with E-state index in [-0.39, 0.29) is 5.91 Å². The third-order valence-corrected chi connectivity index (χ3v) is 5.07. The Hall–Kier alpha value is -2.84. The van der Waals surface area contributed by atoms with E-state index in [1.165, 1.54) is 0 Å². The van der Waals surface area contributed by atoms with Gasteiger partial charge in [0.25, 0.3) is 0 Å². The second-order valence-electron chi connectivity index (χ2n) is 6.84. The summed E-state index contributed by atoms with van der Waals surface area (Å²) in [6, 6.07) is 19.9. The average Bonchev–Trinajstić information content (AvgIpc) is 2.71. The van der Waals surface area contributed by atoms with Crippen LogP contribution in [-0.4, -0.2) is 37.0 Å². The van der Waals surface area contributed by atoms with Crippen LogP contribution in [0.25, 0.3) is 0 Å². The lowest BCUT2D eigenvalue weighted by Crippen LogP contribution is -2.44. The van der Waals surface area contributed by atoms with Gasteiger partial charge in [-0.3, -0.25) is 9.69 Å². The van der Waals surface area contributed by atoms with E-state index in [0.717, 1.165) is 42.9 Å². The summed E-state index contributed by atoms with van der Waals surface area (Å²) in [5.74, 6) is 0.753. The Morgan fingerprint density at radius 2 is 1.81 bits per heavy atom. The molecule has 3 rings (SSSR count). The molecule has 0 atom stereocenters. The molecule has 1 saturated heterocycles. The maximum absolute atomic E-state index is 12.3. The van der Waals surface area contributed by atoms with Crippen molar-refractivity contribution in [2.45, 2.75) is 25.2 Å². The van der Waals surface area contributed by atoms with Crippen LogP contribution in [0.2, 0.25) is 0 Å². The van der Waals surface area contributed by atoms with Crippen molar-refractivity contribution in [2.24, 2.45) is 0 Å². The lowest BCUT2D eigenvalue weighted by Gasteiger charge is -2.37. The predicted molar refractivity (Wildman–Crippen MR) is 106 cm³/mol. The summed E-state index contributed by atoms with van der Waals surface area (Å²) in [5, 5.41) is 12.7. The van der Waals surface area contributed by atoms with E-state index in [1.54, 1.807) is 0 Å². The van der Waals surface area contributed by atoms with Gasteiger partial charge in [-0.1, -0.05) is 30.3 Å². The molecule has 0 aromatic heterocycles. The van der Waals surface area contributed by atoms with E-state index in [4.69, 9.17) is 4.74 Å². The van der Waals surface area contributed by atoms with Crippen LogP contribution in [0.3, 0.4) is 0 Å². The number of carbonyl (C=O) groups is 1. The smallest absolute Gasteiger partial charge is 0.238 e. The zero-order chi connectivity index (χ0) is 19.1. The number of benzene rings is 2. The van der Waals surface area contributed by atoms with Crippen molar-refractivity contribution >= 4 is 11.6 Å². The number of nitrogens with one attached hydrogen (secondary N) is 1. The van der Waals surface area contributed by atoms with Crippen LogP contribution in [0.5, 0.6) is 5.75 Å². The molecule has 0 bridgehead atoms. The van der Waals surface area contributed by atoms with Crippen LogP contribution in [0, 0.1) is 11.3 Å². The Kier molecular flexibility index (Phi) is 6.10. The third kappa shape index (κ3) is 4.66. The first kappa shape index (κ1) is 18.9. The van der Waals surface area contributed by atoms with Crippen LogP contribution in [0.15, 0.2) is 54.6 Å². The molecule has 1 N–H and O–H groups in total. The maximum atomic E-state index is 12.3. The van der Waals surface area contributed by atoms with E-state index < -0.39 is 5.41 Å². The molecule has 2 aromatic carbocycles. The summed E-state index contributed by atoms with van der Waals surface area (Å²) in [6.07, 6.45) is 1.48. The quantitative estimate of drug-likeness (QED) is 0.852. The Bertz CT molecular complexity index is 789.